The van der Waals surface area contributed by atoms with Gasteiger partial charge >= 0.3 is 0 Å². The molecule has 100 valence electrons. The number of benzene rings is 1. The molecule has 0 saturated heterocycles. The second-order valence-corrected chi connectivity index (χ2v) is 5.69. The van der Waals surface area contributed by atoms with Crippen LogP contribution in [-0.2, 0) is 0 Å². The fraction of sp³-hybridized carbons (Fsp3) is 0.600. The molecule has 1 aromatic rings. The first-order valence-corrected chi connectivity index (χ1v) is 7.19. The van der Waals surface area contributed by atoms with E-state index in [2.05, 4.69) is 0 Å². The number of rotatable bonds is 4. The maximum atomic E-state index is 6.21. The second kappa shape index (κ2) is 6.44. The normalized spacial score (nSPS) is 18.6. The Morgan fingerprint density at radius 3 is 2.72 bits per heavy atom. The van der Waals surface area contributed by atoms with Crippen LogP contribution < -0.4 is 10.5 Å². The molecule has 0 aromatic heterocycles. The molecule has 1 aliphatic rings. The lowest BCUT2D eigenvalue weighted by Crippen LogP contribution is -2.37. The molecule has 0 spiro atoms. The van der Waals surface area contributed by atoms with E-state index in [1.54, 1.807) is 0 Å². The van der Waals surface area contributed by atoms with Crippen molar-refractivity contribution in [3.63, 3.8) is 0 Å². The van der Waals surface area contributed by atoms with Gasteiger partial charge in [0.15, 0.2) is 0 Å². The molecule has 3 heteroatoms. The Morgan fingerprint density at radius 2 is 2.06 bits per heavy atom. The average Bonchev–Trinajstić information content (AvgIpc) is 2.41. The predicted molar refractivity (Wildman–Crippen MR) is 76.2 cm³/mol. The summed E-state index contributed by atoms with van der Waals surface area (Å²) in [6.45, 7) is 2.59. The number of ether oxygens (including phenoxy) is 1. The molecule has 1 aliphatic carbocycles. The monoisotopic (exact) mass is 267 g/mol. The first kappa shape index (κ1) is 13.7. The fourth-order valence-corrected chi connectivity index (χ4v) is 2.72. The van der Waals surface area contributed by atoms with Crippen molar-refractivity contribution in [3.05, 3.63) is 28.8 Å². The minimum Gasteiger partial charge on any atom is -0.492 e. The molecule has 2 rings (SSSR count). The van der Waals surface area contributed by atoms with Crippen LogP contribution in [-0.4, -0.2) is 12.6 Å². The molecule has 18 heavy (non-hydrogen) atoms. The van der Waals surface area contributed by atoms with Crippen molar-refractivity contribution in [1.82, 2.24) is 0 Å². The fourth-order valence-electron chi connectivity index (χ4n) is 2.60. The van der Waals surface area contributed by atoms with Gasteiger partial charge in [0.1, 0.15) is 12.4 Å². The summed E-state index contributed by atoms with van der Waals surface area (Å²) in [6.07, 6.45) is 6.51. The molecule has 0 amide bonds. The van der Waals surface area contributed by atoms with Crippen LogP contribution in [0.15, 0.2) is 18.2 Å². The third kappa shape index (κ3) is 3.63. The number of hydrogen-bond acceptors (Lipinski definition) is 2. The SMILES string of the molecule is Cc1cc(OCC(N)C2CCCCC2)ccc1Cl. The van der Waals surface area contributed by atoms with Crippen LogP contribution in [0.3, 0.4) is 0 Å². The maximum Gasteiger partial charge on any atom is 0.119 e. The first-order chi connectivity index (χ1) is 8.66. The van der Waals surface area contributed by atoms with Crippen molar-refractivity contribution < 1.29 is 4.74 Å². The van der Waals surface area contributed by atoms with E-state index in [1.165, 1.54) is 32.1 Å². The highest BCUT2D eigenvalue weighted by atomic mass is 35.5. The first-order valence-electron chi connectivity index (χ1n) is 6.81. The molecule has 1 aromatic carbocycles. The van der Waals surface area contributed by atoms with Crippen LogP contribution in [0.25, 0.3) is 0 Å². The van der Waals surface area contributed by atoms with Gasteiger partial charge in [-0.3, -0.25) is 0 Å². The van der Waals surface area contributed by atoms with Gasteiger partial charge < -0.3 is 10.5 Å². The van der Waals surface area contributed by atoms with E-state index in [0.717, 1.165) is 16.3 Å². The van der Waals surface area contributed by atoms with Gasteiger partial charge in [-0.05, 0) is 49.4 Å². The van der Waals surface area contributed by atoms with Gasteiger partial charge in [-0.25, -0.2) is 0 Å². The lowest BCUT2D eigenvalue weighted by Gasteiger charge is -2.27. The van der Waals surface area contributed by atoms with Gasteiger partial charge in [-0.2, -0.15) is 0 Å². The van der Waals surface area contributed by atoms with Crippen molar-refractivity contribution in [3.8, 4) is 5.75 Å². The summed E-state index contributed by atoms with van der Waals surface area (Å²) in [4.78, 5) is 0. The van der Waals surface area contributed by atoms with Crippen LogP contribution in [0.4, 0.5) is 0 Å². The molecule has 1 saturated carbocycles. The Kier molecular flexibility index (Phi) is 4.90. The predicted octanol–water partition coefficient (Wildman–Crippen LogP) is 3.93. The molecule has 1 unspecified atom stereocenters. The zero-order valence-corrected chi connectivity index (χ0v) is 11.7. The lowest BCUT2D eigenvalue weighted by molar-refractivity contribution is 0.214. The van der Waals surface area contributed by atoms with Gasteiger partial charge in [-0.1, -0.05) is 30.9 Å². The van der Waals surface area contributed by atoms with E-state index < -0.39 is 0 Å². The minimum atomic E-state index is 0.154. The zero-order valence-electron chi connectivity index (χ0n) is 11.0. The largest absolute Gasteiger partial charge is 0.492 e. The van der Waals surface area contributed by atoms with Gasteiger partial charge in [0, 0.05) is 11.1 Å². The summed E-state index contributed by atoms with van der Waals surface area (Å²) in [5.41, 5.74) is 7.26. The van der Waals surface area contributed by atoms with Gasteiger partial charge in [0.25, 0.3) is 0 Å². The molecule has 0 radical (unpaired) electrons. The molecule has 2 nitrogen and oxygen atoms in total. The van der Waals surface area contributed by atoms with E-state index in [4.69, 9.17) is 22.1 Å². The van der Waals surface area contributed by atoms with E-state index in [9.17, 15) is 0 Å². The molecule has 0 bridgehead atoms. The second-order valence-electron chi connectivity index (χ2n) is 5.28. The van der Waals surface area contributed by atoms with Gasteiger partial charge in [-0.15, -0.1) is 0 Å². The third-order valence-electron chi connectivity index (χ3n) is 3.83. The summed E-state index contributed by atoms with van der Waals surface area (Å²) in [6, 6.07) is 5.90. The number of halogens is 1. The Bertz CT molecular complexity index is 388. The van der Waals surface area contributed by atoms with E-state index >= 15 is 0 Å². The topological polar surface area (TPSA) is 35.2 Å². The molecule has 2 N–H and O–H groups in total. The molecular weight excluding hydrogens is 246 g/mol. The van der Waals surface area contributed by atoms with Crippen LogP contribution in [0.1, 0.15) is 37.7 Å². The van der Waals surface area contributed by atoms with Crippen molar-refractivity contribution in [2.45, 2.75) is 45.1 Å². The van der Waals surface area contributed by atoms with Crippen molar-refractivity contribution >= 4 is 11.6 Å². The standard InChI is InChI=1S/C15H22ClNO/c1-11-9-13(7-8-14(11)16)18-10-15(17)12-5-3-2-4-6-12/h7-9,12,15H,2-6,10,17H2,1H3. The Hall–Kier alpha value is -0.730. The smallest absolute Gasteiger partial charge is 0.119 e. The van der Waals surface area contributed by atoms with Crippen LogP contribution in [0, 0.1) is 12.8 Å². The highest BCUT2D eigenvalue weighted by molar-refractivity contribution is 6.31. The van der Waals surface area contributed by atoms with Gasteiger partial charge in [0.2, 0.25) is 0 Å². The summed E-state index contributed by atoms with van der Waals surface area (Å²) in [7, 11) is 0. The molecular formula is C15H22ClNO. The maximum absolute atomic E-state index is 6.21. The summed E-state index contributed by atoms with van der Waals surface area (Å²) < 4.78 is 5.77. The summed E-state index contributed by atoms with van der Waals surface area (Å²) in [5, 5.41) is 0.777. The molecule has 1 atom stereocenters. The van der Waals surface area contributed by atoms with Gasteiger partial charge in [0.05, 0.1) is 0 Å². The van der Waals surface area contributed by atoms with E-state index in [-0.39, 0.29) is 6.04 Å². The summed E-state index contributed by atoms with van der Waals surface area (Å²) >= 11 is 5.98. The molecule has 0 aliphatic heterocycles. The van der Waals surface area contributed by atoms with E-state index in [0.29, 0.717) is 12.5 Å². The number of nitrogens with two attached hydrogens (primary N) is 1. The lowest BCUT2D eigenvalue weighted by atomic mass is 9.84. The highest BCUT2D eigenvalue weighted by Gasteiger charge is 2.20. The number of hydrogen-bond donors (Lipinski definition) is 1. The highest BCUT2D eigenvalue weighted by Crippen LogP contribution is 2.26. The van der Waals surface area contributed by atoms with Crippen LogP contribution in [0.2, 0.25) is 5.02 Å². The Morgan fingerprint density at radius 1 is 1.33 bits per heavy atom. The average molecular weight is 268 g/mol. The van der Waals surface area contributed by atoms with Crippen molar-refractivity contribution in [1.29, 1.82) is 0 Å². The van der Waals surface area contributed by atoms with Crippen molar-refractivity contribution in [2.75, 3.05) is 6.61 Å². The Labute approximate surface area is 114 Å². The Balaban J connectivity index is 1.84. The molecule has 1 fully saturated rings. The summed E-state index contributed by atoms with van der Waals surface area (Å²) in [5.74, 6) is 1.50. The van der Waals surface area contributed by atoms with Crippen molar-refractivity contribution in [2.24, 2.45) is 11.7 Å². The number of aryl methyl sites for hydroxylation is 1. The van der Waals surface area contributed by atoms with Crippen LogP contribution >= 0.6 is 11.6 Å². The zero-order chi connectivity index (χ0) is 13.0. The third-order valence-corrected chi connectivity index (χ3v) is 4.25. The minimum absolute atomic E-state index is 0.154. The molecule has 0 heterocycles. The quantitative estimate of drug-likeness (QED) is 0.897. The van der Waals surface area contributed by atoms with E-state index in [1.807, 2.05) is 25.1 Å². The van der Waals surface area contributed by atoms with Crippen LogP contribution in [0.5, 0.6) is 5.75 Å².